The second-order valence-electron chi connectivity index (χ2n) is 2.73. The Balaban J connectivity index is 0. The molecule has 2 rings (SSSR count). The van der Waals surface area contributed by atoms with Crippen LogP contribution in [0.1, 0.15) is 0 Å². The fraction of sp³-hybridized carbons (Fsp3) is 0. The summed E-state index contributed by atoms with van der Waals surface area (Å²) in [6.07, 6.45) is 0. The molecular weight excluding hydrogens is 224 g/mol. The van der Waals surface area contributed by atoms with Crippen molar-refractivity contribution in [1.29, 1.82) is 0 Å². The summed E-state index contributed by atoms with van der Waals surface area (Å²) in [5.41, 5.74) is 2.55. The van der Waals surface area contributed by atoms with E-state index in [1.165, 1.54) is 11.1 Å². The molecule has 0 aromatic heterocycles. The SMILES string of the molecule is [O-2].[O-2].[Ti+4].c1ccc(-c2ccccc2)cc1. The molecule has 2 aromatic carbocycles. The molecule has 2 nitrogen and oxygen atoms in total. The summed E-state index contributed by atoms with van der Waals surface area (Å²) < 4.78 is 0. The molecule has 0 saturated heterocycles. The Morgan fingerprint density at radius 1 is 0.467 bits per heavy atom. The molecule has 3 heteroatoms. The normalized spacial score (nSPS) is 7.73. The van der Waals surface area contributed by atoms with Gasteiger partial charge >= 0.3 is 21.7 Å². The van der Waals surface area contributed by atoms with E-state index in [4.69, 9.17) is 0 Å². The Morgan fingerprint density at radius 2 is 0.733 bits per heavy atom. The molecule has 0 amide bonds. The van der Waals surface area contributed by atoms with Crippen LogP contribution in [0.5, 0.6) is 0 Å². The van der Waals surface area contributed by atoms with Crippen molar-refractivity contribution in [2.24, 2.45) is 0 Å². The molecule has 0 aliphatic carbocycles. The second kappa shape index (κ2) is 8.39. The maximum atomic E-state index is 2.12. The van der Waals surface area contributed by atoms with Gasteiger partial charge in [-0.3, -0.25) is 0 Å². The smallest absolute Gasteiger partial charge is 2.00 e. The third-order valence-corrected chi connectivity index (χ3v) is 1.88. The van der Waals surface area contributed by atoms with Crippen molar-refractivity contribution in [3.05, 3.63) is 60.7 Å². The molecule has 0 aliphatic heterocycles. The molecule has 0 atom stereocenters. The summed E-state index contributed by atoms with van der Waals surface area (Å²) in [7, 11) is 0. The third-order valence-electron chi connectivity index (χ3n) is 1.88. The van der Waals surface area contributed by atoms with Gasteiger partial charge in [0.2, 0.25) is 0 Å². The van der Waals surface area contributed by atoms with Gasteiger partial charge in [-0.05, 0) is 11.1 Å². The summed E-state index contributed by atoms with van der Waals surface area (Å²) in [5, 5.41) is 0. The summed E-state index contributed by atoms with van der Waals surface area (Å²) in [5.74, 6) is 0. The van der Waals surface area contributed by atoms with Gasteiger partial charge in [0.15, 0.2) is 0 Å². The van der Waals surface area contributed by atoms with Gasteiger partial charge in [-0.25, -0.2) is 0 Å². The van der Waals surface area contributed by atoms with E-state index in [1.54, 1.807) is 0 Å². The predicted octanol–water partition coefficient (Wildman–Crippen LogP) is 3.11. The quantitative estimate of drug-likeness (QED) is 0.680. The molecule has 0 heterocycles. The van der Waals surface area contributed by atoms with Crippen LogP contribution < -0.4 is 0 Å². The van der Waals surface area contributed by atoms with Crippen LogP contribution in [0.4, 0.5) is 0 Å². The van der Waals surface area contributed by atoms with Crippen molar-refractivity contribution >= 4 is 0 Å². The number of hydrogen-bond donors (Lipinski definition) is 0. The zero-order chi connectivity index (χ0) is 8.23. The summed E-state index contributed by atoms with van der Waals surface area (Å²) >= 11 is 0. The van der Waals surface area contributed by atoms with Gasteiger partial charge in [0, 0.05) is 0 Å². The van der Waals surface area contributed by atoms with Crippen LogP contribution in [0.25, 0.3) is 11.1 Å². The molecular formula is C12H10O2Ti. The molecule has 0 spiro atoms. The Kier molecular flexibility index (Phi) is 9.23. The van der Waals surface area contributed by atoms with Gasteiger partial charge < -0.3 is 11.0 Å². The number of benzene rings is 2. The molecule has 0 N–H and O–H groups in total. The molecule has 0 aliphatic rings. The van der Waals surface area contributed by atoms with Crippen LogP contribution in [0.3, 0.4) is 0 Å². The zero-order valence-corrected chi connectivity index (χ0v) is 9.65. The van der Waals surface area contributed by atoms with Crippen LogP contribution in [0, 0.1) is 0 Å². The number of hydrogen-bond acceptors (Lipinski definition) is 0. The van der Waals surface area contributed by atoms with Crippen molar-refractivity contribution in [2.45, 2.75) is 0 Å². The van der Waals surface area contributed by atoms with Gasteiger partial charge in [-0.2, -0.15) is 0 Å². The minimum Gasteiger partial charge on any atom is -2.00 e. The Morgan fingerprint density at radius 3 is 1.00 bits per heavy atom. The molecule has 0 unspecified atom stereocenters. The van der Waals surface area contributed by atoms with Crippen molar-refractivity contribution in [1.82, 2.24) is 0 Å². The van der Waals surface area contributed by atoms with E-state index in [0.29, 0.717) is 0 Å². The molecule has 0 bridgehead atoms. The van der Waals surface area contributed by atoms with E-state index >= 15 is 0 Å². The number of rotatable bonds is 1. The summed E-state index contributed by atoms with van der Waals surface area (Å²) in [4.78, 5) is 0. The average molecular weight is 234 g/mol. The molecule has 74 valence electrons. The summed E-state index contributed by atoms with van der Waals surface area (Å²) in [6.45, 7) is 0. The van der Waals surface area contributed by atoms with Crippen molar-refractivity contribution in [3.8, 4) is 11.1 Å². The van der Waals surface area contributed by atoms with Crippen LogP contribution in [-0.2, 0) is 32.7 Å². The van der Waals surface area contributed by atoms with Crippen LogP contribution >= 0.6 is 0 Å². The molecule has 15 heavy (non-hydrogen) atoms. The maximum Gasteiger partial charge on any atom is 4.00 e. The van der Waals surface area contributed by atoms with Crippen LogP contribution in [0.15, 0.2) is 60.7 Å². The molecule has 2 aromatic rings. The first kappa shape index (κ1) is 16.5. The van der Waals surface area contributed by atoms with Gasteiger partial charge in [-0.1, -0.05) is 60.7 Å². The fourth-order valence-electron chi connectivity index (χ4n) is 1.26. The predicted molar refractivity (Wildman–Crippen MR) is 53.3 cm³/mol. The molecule has 0 fully saturated rings. The first-order valence-corrected chi connectivity index (χ1v) is 4.07. The maximum absolute atomic E-state index is 2.12. The molecule has 0 radical (unpaired) electrons. The Hall–Kier alpha value is -0.926. The fourth-order valence-corrected chi connectivity index (χ4v) is 1.26. The largest absolute Gasteiger partial charge is 4.00 e. The van der Waals surface area contributed by atoms with Crippen LogP contribution in [-0.4, -0.2) is 0 Å². The minimum absolute atomic E-state index is 0. The van der Waals surface area contributed by atoms with E-state index < -0.39 is 0 Å². The minimum atomic E-state index is 0. The first-order valence-electron chi connectivity index (χ1n) is 4.07. The van der Waals surface area contributed by atoms with E-state index in [1.807, 2.05) is 12.1 Å². The van der Waals surface area contributed by atoms with Crippen molar-refractivity contribution in [3.63, 3.8) is 0 Å². The van der Waals surface area contributed by atoms with E-state index in [-0.39, 0.29) is 32.7 Å². The monoisotopic (exact) mass is 234 g/mol. The Labute approximate surface area is 104 Å². The third kappa shape index (κ3) is 4.41. The molecule has 0 saturated carbocycles. The first-order chi connectivity index (χ1) is 5.97. The second-order valence-corrected chi connectivity index (χ2v) is 2.73. The van der Waals surface area contributed by atoms with Gasteiger partial charge in [0.25, 0.3) is 0 Å². The van der Waals surface area contributed by atoms with Gasteiger partial charge in [-0.15, -0.1) is 0 Å². The summed E-state index contributed by atoms with van der Waals surface area (Å²) in [6, 6.07) is 20.8. The van der Waals surface area contributed by atoms with Crippen molar-refractivity contribution in [2.75, 3.05) is 0 Å². The van der Waals surface area contributed by atoms with E-state index in [0.717, 1.165) is 0 Å². The topological polar surface area (TPSA) is 57.0 Å². The van der Waals surface area contributed by atoms with E-state index in [9.17, 15) is 0 Å². The Bertz CT molecular complexity index is 311. The van der Waals surface area contributed by atoms with Crippen LogP contribution in [0.2, 0.25) is 0 Å². The zero-order valence-electron chi connectivity index (χ0n) is 8.09. The van der Waals surface area contributed by atoms with Crippen molar-refractivity contribution < 1.29 is 32.7 Å². The average Bonchev–Trinajstić information content (AvgIpc) is 2.21. The standard InChI is InChI=1S/C12H10.2O.Ti/c1-3-7-11(8-4-1)12-9-5-2-6-10-12;;;/h1-10H;;;/q;2*-2;+4. The van der Waals surface area contributed by atoms with Gasteiger partial charge in [0.05, 0.1) is 0 Å². The van der Waals surface area contributed by atoms with E-state index in [2.05, 4.69) is 48.5 Å². The van der Waals surface area contributed by atoms with Gasteiger partial charge in [0.1, 0.15) is 0 Å².